The fourth-order valence-electron chi connectivity index (χ4n) is 4.24. The molecular formula is C19H29NO4. The van der Waals surface area contributed by atoms with Crippen LogP contribution in [-0.4, -0.2) is 16.8 Å². The number of rotatable bonds is 4. The van der Waals surface area contributed by atoms with Crippen molar-refractivity contribution in [3.63, 3.8) is 0 Å². The van der Waals surface area contributed by atoms with Gasteiger partial charge in [0.15, 0.2) is 0 Å². The fraction of sp³-hybridized carbons (Fsp3) is 0.737. The van der Waals surface area contributed by atoms with Gasteiger partial charge in [-0.05, 0) is 58.3 Å². The number of aromatic nitrogens is 1. The molecule has 5 heteroatoms. The maximum absolute atomic E-state index is 13.1. The molecular weight excluding hydrogens is 306 g/mol. The van der Waals surface area contributed by atoms with Crippen LogP contribution >= 0.6 is 0 Å². The van der Waals surface area contributed by atoms with E-state index >= 15 is 0 Å². The average Bonchev–Trinajstić information content (AvgIpc) is 2.57. The summed E-state index contributed by atoms with van der Waals surface area (Å²) in [6, 6.07) is 3.33. The number of hydrogen-bond donors (Lipinski definition) is 2. The van der Waals surface area contributed by atoms with Crippen molar-refractivity contribution < 1.29 is 19.7 Å². The number of ether oxygens (including phenoxy) is 1. The van der Waals surface area contributed by atoms with Crippen molar-refractivity contribution in [3.05, 3.63) is 28.7 Å². The number of nitrogens with zero attached hydrogens (tertiary/aromatic N) is 1. The van der Waals surface area contributed by atoms with E-state index in [0.717, 1.165) is 43.3 Å². The van der Waals surface area contributed by atoms with Gasteiger partial charge in [-0.3, -0.25) is 0 Å². The maximum Gasteiger partial charge on any atom is 0.228 e. The second kappa shape index (κ2) is 6.89. The number of aliphatic hydroxyl groups is 2. The Morgan fingerprint density at radius 2 is 1.33 bits per heavy atom. The van der Waals surface area contributed by atoms with Crippen LogP contribution in [0.3, 0.4) is 0 Å². The molecule has 2 N–H and O–H groups in total. The van der Waals surface area contributed by atoms with Gasteiger partial charge in [-0.15, -0.1) is 0 Å². The van der Waals surface area contributed by atoms with Gasteiger partial charge in [-0.2, -0.15) is 4.73 Å². The van der Waals surface area contributed by atoms with Crippen molar-refractivity contribution in [2.75, 3.05) is 6.61 Å². The Hall–Kier alpha value is -1.33. The molecule has 0 aromatic carbocycles. The van der Waals surface area contributed by atoms with E-state index in [1.165, 1.54) is 0 Å². The Morgan fingerprint density at radius 1 is 0.917 bits per heavy atom. The second-order valence-corrected chi connectivity index (χ2v) is 7.37. The summed E-state index contributed by atoms with van der Waals surface area (Å²) in [5, 5.41) is 35.2. The fourth-order valence-corrected chi connectivity index (χ4v) is 4.24. The zero-order chi connectivity index (χ0) is 17.2. The third-order valence-electron chi connectivity index (χ3n) is 5.62. The molecule has 5 nitrogen and oxygen atoms in total. The molecule has 2 aliphatic rings. The summed E-state index contributed by atoms with van der Waals surface area (Å²) in [4.78, 5) is 0. The molecule has 0 saturated heterocycles. The van der Waals surface area contributed by atoms with Crippen molar-refractivity contribution >= 4 is 0 Å². The highest BCUT2D eigenvalue weighted by Gasteiger charge is 2.44. The van der Waals surface area contributed by atoms with E-state index in [1.54, 1.807) is 12.1 Å². The zero-order valence-corrected chi connectivity index (χ0v) is 14.6. The van der Waals surface area contributed by atoms with Crippen LogP contribution in [0.5, 0.6) is 5.75 Å². The molecule has 0 unspecified atom stereocenters. The molecule has 0 spiro atoms. The SMILES string of the molecule is CCOc1cc(C2(O)CCCCC2)[n+]([O-])c(C2(O)CCCCC2)c1. The summed E-state index contributed by atoms with van der Waals surface area (Å²) in [7, 11) is 0. The highest BCUT2D eigenvalue weighted by molar-refractivity contribution is 5.29. The lowest BCUT2D eigenvalue weighted by Gasteiger charge is -2.34. The molecule has 2 saturated carbocycles. The van der Waals surface area contributed by atoms with Gasteiger partial charge in [-0.25, -0.2) is 0 Å². The highest BCUT2D eigenvalue weighted by atomic mass is 16.5. The summed E-state index contributed by atoms with van der Waals surface area (Å²) in [6.07, 6.45) is 8.16. The molecule has 2 aliphatic carbocycles. The van der Waals surface area contributed by atoms with Crippen molar-refractivity contribution in [1.82, 2.24) is 0 Å². The van der Waals surface area contributed by atoms with E-state index in [-0.39, 0.29) is 0 Å². The summed E-state index contributed by atoms with van der Waals surface area (Å²) in [6.45, 7) is 2.38. The first-order chi connectivity index (χ1) is 11.5. The van der Waals surface area contributed by atoms with Gasteiger partial charge in [0.05, 0.1) is 18.7 Å². The highest BCUT2D eigenvalue weighted by Crippen LogP contribution is 2.40. The van der Waals surface area contributed by atoms with Gasteiger partial charge in [0.2, 0.25) is 11.4 Å². The summed E-state index contributed by atoms with van der Waals surface area (Å²) in [5.74, 6) is 0.563. The largest absolute Gasteiger partial charge is 0.618 e. The molecule has 0 bridgehead atoms. The van der Waals surface area contributed by atoms with E-state index in [1.807, 2.05) is 6.92 Å². The zero-order valence-electron chi connectivity index (χ0n) is 14.6. The monoisotopic (exact) mass is 335 g/mol. The van der Waals surface area contributed by atoms with Crippen LogP contribution in [0.25, 0.3) is 0 Å². The third kappa shape index (κ3) is 3.24. The first kappa shape index (κ1) is 17.5. The van der Waals surface area contributed by atoms with Gasteiger partial charge in [0.1, 0.15) is 17.0 Å². The van der Waals surface area contributed by atoms with Crippen LogP contribution in [0.4, 0.5) is 0 Å². The van der Waals surface area contributed by atoms with Crippen LogP contribution in [0.15, 0.2) is 12.1 Å². The van der Waals surface area contributed by atoms with E-state index in [0.29, 0.717) is 49.4 Å². The smallest absolute Gasteiger partial charge is 0.228 e. The molecule has 0 radical (unpaired) electrons. The minimum absolute atomic E-state index is 0.335. The van der Waals surface area contributed by atoms with Gasteiger partial charge < -0.3 is 20.2 Å². The second-order valence-electron chi connectivity index (χ2n) is 7.37. The van der Waals surface area contributed by atoms with Gasteiger partial charge >= 0.3 is 0 Å². The van der Waals surface area contributed by atoms with Crippen molar-refractivity contribution in [2.45, 2.75) is 82.3 Å². The predicted octanol–water partition coefficient (Wildman–Crippen LogP) is 3.02. The van der Waals surface area contributed by atoms with E-state index < -0.39 is 11.2 Å². The number of hydrogen-bond acceptors (Lipinski definition) is 4. The quantitative estimate of drug-likeness (QED) is 0.655. The molecule has 24 heavy (non-hydrogen) atoms. The molecule has 2 fully saturated rings. The first-order valence-corrected chi connectivity index (χ1v) is 9.35. The van der Waals surface area contributed by atoms with Crippen molar-refractivity contribution in [2.24, 2.45) is 0 Å². The first-order valence-electron chi connectivity index (χ1n) is 9.35. The minimum atomic E-state index is -1.12. The normalized spacial score (nSPS) is 23.0. The van der Waals surface area contributed by atoms with Crippen molar-refractivity contribution in [3.8, 4) is 5.75 Å². The van der Waals surface area contributed by atoms with Crippen molar-refractivity contribution in [1.29, 1.82) is 0 Å². The van der Waals surface area contributed by atoms with E-state index in [9.17, 15) is 15.4 Å². The third-order valence-corrected chi connectivity index (χ3v) is 5.62. The lowest BCUT2D eigenvalue weighted by atomic mass is 9.79. The van der Waals surface area contributed by atoms with Crippen LogP contribution in [-0.2, 0) is 11.2 Å². The maximum atomic E-state index is 13.1. The molecule has 0 amide bonds. The van der Waals surface area contributed by atoms with Crippen LogP contribution in [0.2, 0.25) is 0 Å². The Balaban J connectivity index is 2.08. The number of pyridine rings is 1. The van der Waals surface area contributed by atoms with Crippen LogP contribution in [0.1, 0.15) is 82.5 Å². The predicted molar refractivity (Wildman–Crippen MR) is 90.5 cm³/mol. The Morgan fingerprint density at radius 3 is 1.71 bits per heavy atom. The van der Waals surface area contributed by atoms with Crippen LogP contribution < -0.4 is 9.47 Å². The van der Waals surface area contributed by atoms with E-state index in [2.05, 4.69) is 0 Å². The van der Waals surface area contributed by atoms with Gasteiger partial charge in [-0.1, -0.05) is 12.8 Å². The molecule has 0 atom stereocenters. The molecule has 0 aliphatic heterocycles. The molecule has 3 rings (SSSR count). The average molecular weight is 335 g/mol. The molecule has 1 aromatic rings. The Bertz CT molecular complexity index is 530. The Kier molecular flexibility index (Phi) is 5.02. The topological polar surface area (TPSA) is 76.6 Å². The lowest BCUT2D eigenvalue weighted by molar-refractivity contribution is -0.640. The molecule has 134 valence electrons. The minimum Gasteiger partial charge on any atom is -0.618 e. The summed E-state index contributed by atoms with van der Waals surface area (Å²) >= 11 is 0. The van der Waals surface area contributed by atoms with Gasteiger partial charge in [0, 0.05) is 0 Å². The summed E-state index contributed by atoms with van der Waals surface area (Å²) < 4.78 is 6.43. The summed E-state index contributed by atoms with van der Waals surface area (Å²) in [5.41, 5.74) is -1.57. The Labute approximate surface area is 143 Å². The van der Waals surface area contributed by atoms with E-state index in [4.69, 9.17) is 4.74 Å². The standard InChI is InChI=1S/C19H29NO4/c1-2-24-15-13-16(18(21)9-5-3-6-10-18)20(23)17(14-15)19(22)11-7-4-8-12-19/h13-14,21-22H,2-12H2,1H3. The molecule has 1 heterocycles. The van der Waals surface area contributed by atoms with Gasteiger partial charge in [0.25, 0.3) is 0 Å². The van der Waals surface area contributed by atoms with Crippen LogP contribution in [0, 0.1) is 5.21 Å². The molecule has 1 aromatic heterocycles. The lowest BCUT2D eigenvalue weighted by Crippen LogP contribution is -2.50.